The molecule has 0 saturated carbocycles. The SMILES string of the molecule is Cc1ccc(CN(C)C(=O)c2ccc(Cl)c(S(=O)(=O)N3CCCC3)c2)o1. The van der Waals surface area contributed by atoms with E-state index in [1.54, 1.807) is 7.05 Å². The van der Waals surface area contributed by atoms with Crippen LogP contribution in [0.25, 0.3) is 0 Å². The molecule has 0 radical (unpaired) electrons. The molecule has 0 atom stereocenters. The summed E-state index contributed by atoms with van der Waals surface area (Å²) in [7, 11) is -2.05. The number of aryl methyl sites for hydroxylation is 1. The van der Waals surface area contributed by atoms with E-state index in [1.807, 2.05) is 19.1 Å². The maximum absolute atomic E-state index is 12.8. The van der Waals surface area contributed by atoms with Crippen molar-refractivity contribution in [3.63, 3.8) is 0 Å². The number of benzene rings is 1. The third-order valence-corrected chi connectivity index (χ3v) is 6.78. The highest BCUT2D eigenvalue weighted by Gasteiger charge is 2.30. The van der Waals surface area contributed by atoms with Gasteiger partial charge in [-0.3, -0.25) is 4.79 Å². The highest BCUT2D eigenvalue weighted by molar-refractivity contribution is 7.89. The van der Waals surface area contributed by atoms with E-state index in [-0.39, 0.29) is 21.4 Å². The quantitative estimate of drug-likeness (QED) is 0.777. The van der Waals surface area contributed by atoms with Gasteiger partial charge in [0.2, 0.25) is 10.0 Å². The number of rotatable bonds is 5. The minimum absolute atomic E-state index is 0.0193. The maximum Gasteiger partial charge on any atom is 0.254 e. The van der Waals surface area contributed by atoms with E-state index < -0.39 is 10.0 Å². The smallest absolute Gasteiger partial charge is 0.254 e. The molecular weight excluding hydrogens is 376 g/mol. The highest BCUT2D eigenvalue weighted by atomic mass is 35.5. The van der Waals surface area contributed by atoms with Gasteiger partial charge in [-0.1, -0.05) is 11.6 Å². The second kappa shape index (κ2) is 7.42. The number of nitrogens with zero attached hydrogens (tertiary/aromatic N) is 2. The number of hydrogen-bond donors (Lipinski definition) is 0. The molecule has 1 saturated heterocycles. The fourth-order valence-corrected chi connectivity index (χ4v) is 5.02. The second-order valence-electron chi connectivity index (χ2n) is 6.43. The van der Waals surface area contributed by atoms with Crippen LogP contribution in [0.2, 0.25) is 5.02 Å². The predicted molar refractivity (Wildman–Crippen MR) is 98.7 cm³/mol. The lowest BCUT2D eigenvalue weighted by atomic mass is 10.2. The second-order valence-corrected chi connectivity index (χ2v) is 8.74. The molecule has 1 fully saturated rings. The van der Waals surface area contributed by atoms with Crippen LogP contribution < -0.4 is 0 Å². The molecule has 2 aromatic rings. The molecule has 0 bridgehead atoms. The van der Waals surface area contributed by atoms with Crippen molar-refractivity contribution in [1.82, 2.24) is 9.21 Å². The number of halogens is 1. The molecule has 3 rings (SSSR count). The summed E-state index contributed by atoms with van der Waals surface area (Å²) in [5.74, 6) is 1.14. The summed E-state index contributed by atoms with van der Waals surface area (Å²) in [4.78, 5) is 14.2. The van der Waals surface area contributed by atoms with Gasteiger partial charge in [-0.05, 0) is 50.1 Å². The van der Waals surface area contributed by atoms with Crippen molar-refractivity contribution in [3.8, 4) is 0 Å². The largest absolute Gasteiger partial charge is 0.464 e. The van der Waals surface area contributed by atoms with E-state index in [0.717, 1.165) is 18.6 Å². The van der Waals surface area contributed by atoms with Crippen molar-refractivity contribution in [2.45, 2.75) is 31.2 Å². The molecule has 6 nitrogen and oxygen atoms in total. The minimum Gasteiger partial charge on any atom is -0.464 e. The monoisotopic (exact) mass is 396 g/mol. The summed E-state index contributed by atoms with van der Waals surface area (Å²) in [6.45, 7) is 3.09. The molecule has 1 aromatic heterocycles. The van der Waals surface area contributed by atoms with E-state index in [9.17, 15) is 13.2 Å². The third-order valence-electron chi connectivity index (χ3n) is 4.40. The number of hydrogen-bond acceptors (Lipinski definition) is 4. The summed E-state index contributed by atoms with van der Waals surface area (Å²) in [5.41, 5.74) is 0.276. The summed E-state index contributed by atoms with van der Waals surface area (Å²) in [5, 5.41) is 0.123. The molecule has 1 amide bonds. The van der Waals surface area contributed by atoms with Crippen LogP contribution in [0.15, 0.2) is 39.6 Å². The molecule has 26 heavy (non-hydrogen) atoms. The average molecular weight is 397 g/mol. The zero-order valence-corrected chi connectivity index (χ0v) is 16.3. The van der Waals surface area contributed by atoms with Crippen molar-refractivity contribution >= 4 is 27.5 Å². The van der Waals surface area contributed by atoms with Crippen LogP contribution in [0.5, 0.6) is 0 Å². The van der Waals surface area contributed by atoms with Crippen molar-refractivity contribution in [2.75, 3.05) is 20.1 Å². The number of carbonyl (C=O) groups excluding carboxylic acids is 1. The van der Waals surface area contributed by atoms with E-state index in [4.69, 9.17) is 16.0 Å². The molecule has 0 spiro atoms. The van der Waals surface area contributed by atoms with Crippen LogP contribution in [0.3, 0.4) is 0 Å². The van der Waals surface area contributed by atoms with Gasteiger partial charge in [-0.25, -0.2) is 8.42 Å². The van der Waals surface area contributed by atoms with Crippen molar-refractivity contribution in [2.24, 2.45) is 0 Å². The Morgan fingerprint density at radius 1 is 1.23 bits per heavy atom. The summed E-state index contributed by atoms with van der Waals surface area (Å²) < 4.78 is 32.5. The van der Waals surface area contributed by atoms with Gasteiger partial charge in [0.1, 0.15) is 16.4 Å². The van der Waals surface area contributed by atoms with E-state index in [1.165, 1.54) is 27.4 Å². The fraction of sp³-hybridized carbons (Fsp3) is 0.389. The van der Waals surface area contributed by atoms with Gasteiger partial charge in [-0.2, -0.15) is 4.31 Å². The zero-order chi connectivity index (χ0) is 18.9. The number of furan rings is 1. The minimum atomic E-state index is -3.69. The molecule has 140 valence electrons. The molecule has 0 aliphatic carbocycles. The first-order valence-electron chi connectivity index (χ1n) is 8.39. The zero-order valence-electron chi connectivity index (χ0n) is 14.7. The van der Waals surface area contributed by atoms with Gasteiger partial charge in [0.05, 0.1) is 11.6 Å². The normalized spacial score (nSPS) is 15.3. The standard InChI is InChI=1S/C18H21ClN2O4S/c1-13-5-7-15(25-13)12-20(2)18(22)14-6-8-16(19)17(11-14)26(23,24)21-9-3-4-10-21/h5-8,11H,3-4,9-10,12H2,1-2H3. The lowest BCUT2D eigenvalue weighted by Crippen LogP contribution is -2.29. The Morgan fingerprint density at radius 2 is 1.92 bits per heavy atom. The molecular formula is C18H21ClN2O4S. The first kappa shape index (κ1) is 18.9. The van der Waals surface area contributed by atoms with Gasteiger partial charge >= 0.3 is 0 Å². The van der Waals surface area contributed by atoms with Gasteiger partial charge < -0.3 is 9.32 Å². The molecule has 8 heteroatoms. The molecule has 1 aromatic carbocycles. The lowest BCUT2D eigenvalue weighted by Gasteiger charge is -2.19. The molecule has 0 unspecified atom stereocenters. The van der Waals surface area contributed by atoms with Gasteiger partial charge in [0.15, 0.2) is 0 Å². The fourth-order valence-electron chi connectivity index (χ4n) is 3.00. The number of carbonyl (C=O) groups is 1. The first-order valence-corrected chi connectivity index (χ1v) is 10.2. The van der Waals surface area contributed by atoms with Crippen LogP contribution in [0, 0.1) is 6.92 Å². The van der Waals surface area contributed by atoms with Crippen molar-refractivity contribution < 1.29 is 17.6 Å². The molecule has 1 aliphatic rings. The van der Waals surface area contributed by atoms with Gasteiger partial charge in [0, 0.05) is 25.7 Å². The molecule has 0 N–H and O–H groups in total. The summed E-state index contributed by atoms with van der Waals surface area (Å²) in [6, 6.07) is 8.00. The number of sulfonamides is 1. The summed E-state index contributed by atoms with van der Waals surface area (Å²) in [6.07, 6.45) is 1.67. The summed E-state index contributed by atoms with van der Waals surface area (Å²) >= 11 is 6.13. The van der Waals surface area contributed by atoms with Crippen LogP contribution in [-0.2, 0) is 16.6 Å². The Bertz CT molecular complexity index is 917. The van der Waals surface area contributed by atoms with Crippen molar-refractivity contribution in [3.05, 3.63) is 52.4 Å². The predicted octanol–water partition coefficient (Wildman–Crippen LogP) is 3.30. The van der Waals surface area contributed by atoms with Crippen molar-refractivity contribution in [1.29, 1.82) is 0 Å². The Morgan fingerprint density at radius 3 is 2.54 bits per heavy atom. The third kappa shape index (κ3) is 3.79. The Kier molecular flexibility index (Phi) is 5.41. The van der Waals surface area contributed by atoms with E-state index in [2.05, 4.69) is 0 Å². The van der Waals surface area contributed by atoms with Gasteiger partial charge in [-0.15, -0.1) is 0 Å². The Labute approximate surface area is 158 Å². The molecule has 2 heterocycles. The van der Waals surface area contributed by atoms with Crippen LogP contribution in [-0.4, -0.2) is 43.7 Å². The Balaban J connectivity index is 1.85. The topological polar surface area (TPSA) is 70.8 Å². The van der Waals surface area contributed by atoms with E-state index >= 15 is 0 Å². The number of amides is 1. The first-order chi connectivity index (χ1) is 12.3. The Hall–Kier alpha value is -1.83. The van der Waals surface area contributed by atoms with Gasteiger partial charge in [0.25, 0.3) is 5.91 Å². The molecule has 1 aliphatic heterocycles. The van der Waals surface area contributed by atoms with Crippen LogP contribution >= 0.6 is 11.6 Å². The average Bonchev–Trinajstić information content (AvgIpc) is 3.26. The van der Waals surface area contributed by atoms with Crippen LogP contribution in [0.1, 0.15) is 34.7 Å². The maximum atomic E-state index is 12.8. The van der Waals surface area contributed by atoms with Crippen LogP contribution in [0.4, 0.5) is 0 Å². The highest BCUT2D eigenvalue weighted by Crippen LogP contribution is 2.28. The van der Waals surface area contributed by atoms with E-state index in [0.29, 0.717) is 25.4 Å². The lowest BCUT2D eigenvalue weighted by molar-refractivity contribution is 0.0774.